The van der Waals surface area contributed by atoms with Crippen molar-refractivity contribution in [2.24, 2.45) is 5.92 Å². The zero-order valence-corrected chi connectivity index (χ0v) is 12.8. The Hall–Kier alpha value is -1.85. The number of rotatable bonds is 3. The molecule has 1 aliphatic rings. The second kappa shape index (κ2) is 6.57. The average molecular weight is 344 g/mol. The van der Waals surface area contributed by atoms with Crippen LogP contribution in [0.5, 0.6) is 5.75 Å². The predicted octanol–water partition coefficient (Wildman–Crippen LogP) is 6.28. The van der Waals surface area contributed by atoms with Gasteiger partial charge in [0.15, 0.2) is 0 Å². The van der Waals surface area contributed by atoms with Crippen LogP contribution in [0.3, 0.4) is 0 Å². The zero-order valence-electron chi connectivity index (χ0n) is 12.8. The van der Waals surface area contributed by atoms with Gasteiger partial charge in [0.05, 0.1) is 17.6 Å². The number of hydrogen-bond donors (Lipinski definition) is 0. The van der Waals surface area contributed by atoms with Crippen LogP contribution in [0.2, 0.25) is 0 Å². The van der Waals surface area contributed by atoms with Crippen molar-refractivity contribution < 1.29 is 26.7 Å². The van der Waals surface area contributed by atoms with Crippen molar-refractivity contribution >= 4 is 10.8 Å². The molecule has 2 aromatic carbocycles. The van der Waals surface area contributed by atoms with Crippen LogP contribution in [0, 0.1) is 5.92 Å². The first-order valence-corrected chi connectivity index (χ1v) is 7.89. The van der Waals surface area contributed by atoms with Crippen molar-refractivity contribution in [2.75, 3.05) is 0 Å². The maximum Gasteiger partial charge on any atom is 0.391 e. The van der Waals surface area contributed by atoms with Gasteiger partial charge >= 0.3 is 6.18 Å². The van der Waals surface area contributed by atoms with Gasteiger partial charge in [0.25, 0.3) is 6.43 Å². The van der Waals surface area contributed by atoms with E-state index in [2.05, 4.69) is 0 Å². The maximum absolute atomic E-state index is 13.5. The van der Waals surface area contributed by atoms with Crippen LogP contribution >= 0.6 is 0 Å². The molecular weight excluding hydrogens is 327 g/mol. The fourth-order valence-corrected chi connectivity index (χ4v) is 3.29. The van der Waals surface area contributed by atoms with Crippen LogP contribution in [0.1, 0.15) is 37.7 Å². The fourth-order valence-electron chi connectivity index (χ4n) is 3.29. The molecule has 3 rings (SSSR count). The van der Waals surface area contributed by atoms with Crippen LogP contribution in [0.25, 0.3) is 10.8 Å². The molecule has 1 saturated carbocycles. The molecule has 0 unspecified atom stereocenters. The molecule has 2 aromatic rings. The quantitative estimate of drug-likeness (QED) is 0.596. The Morgan fingerprint density at radius 3 is 2.21 bits per heavy atom. The van der Waals surface area contributed by atoms with Gasteiger partial charge in [-0.05, 0) is 42.5 Å². The standard InChI is InChI=1S/C18H17F5O/c19-17(20)16-14-4-2-1-3-11(14)5-10-15(16)24-13-8-6-12(7-9-13)18(21,22)23/h1-5,10,12-13,17H,6-9H2. The molecule has 0 spiro atoms. The van der Waals surface area contributed by atoms with Gasteiger partial charge in [0.2, 0.25) is 0 Å². The lowest BCUT2D eigenvalue weighted by atomic mass is 9.87. The van der Waals surface area contributed by atoms with Gasteiger partial charge < -0.3 is 4.74 Å². The number of alkyl halides is 5. The van der Waals surface area contributed by atoms with Crippen molar-refractivity contribution in [3.05, 3.63) is 42.0 Å². The Labute approximate surface area is 136 Å². The van der Waals surface area contributed by atoms with Crippen LogP contribution in [-0.2, 0) is 0 Å². The lowest BCUT2D eigenvalue weighted by Crippen LogP contribution is -2.32. The predicted molar refractivity (Wildman–Crippen MR) is 81.3 cm³/mol. The molecule has 0 heterocycles. The summed E-state index contributed by atoms with van der Waals surface area (Å²) in [6.07, 6.45) is -6.96. The lowest BCUT2D eigenvalue weighted by Gasteiger charge is -2.30. The van der Waals surface area contributed by atoms with E-state index < -0.39 is 24.6 Å². The van der Waals surface area contributed by atoms with E-state index in [1.165, 1.54) is 6.07 Å². The van der Waals surface area contributed by atoms with E-state index in [1.54, 1.807) is 30.3 Å². The highest BCUT2D eigenvalue weighted by molar-refractivity contribution is 5.88. The third kappa shape index (κ3) is 3.47. The van der Waals surface area contributed by atoms with Crippen molar-refractivity contribution in [2.45, 2.75) is 44.4 Å². The topological polar surface area (TPSA) is 9.23 Å². The molecule has 130 valence electrons. The van der Waals surface area contributed by atoms with Crippen molar-refractivity contribution in [1.29, 1.82) is 0 Å². The minimum atomic E-state index is -4.19. The second-order valence-corrected chi connectivity index (χ2v) is 6.13. The van der Waals surface area contributed by atoms with Crippen LogP contribution in [-0.4, -0.2) is 12.3 Å². The molecule has 0 amide bonds. The summed E-state index contributed by atoms with van der Waals surface area (Å²) >= 11 is 0. The zero-order chi connectivity index (χ0) is 17.3. The van der Waals surface area contributed by atoms with Crippen molar-refractivity contribution in [3.63, 3.8) is 0 Å². The second-order valence-electron chi connectivity index (χ2n) is 6.13. The molecule has 1 aliphatic carbocycles. The van der Waals surface area contributed by atoms with Crippen molar-refractivity contribution in [3.8, 4) is 5.75 Å². The summed E-state index contributed by atoms with van der Waals surface area (Å²) in [6.45, 7) is 0. The molecule has 0 atom stereocenters. The highest BCUT2D eigenvalue weighted by Gasteiger charge is 2.41. The van der Waals surface area contributed by atoms with Crippen LogP contribution in [0.4, 0.5) is 22.0 Å². The van der Waals surface area contributed by atoms with Gasteiger partial charge in [-0.2, -0.15) is 13.2 Å². The molecule has 0 aromatic heterocycles. The van der Waals surface area contributed by atoms with E-state index in [1.807, 2.05) is 0 Å². The molecule has 0 bridgehead atoms. The van der Waals surface area contributed by atoms with E-state index >= 15 is 0 Å². The highest BCUT2D eigenvalue weighted by Crippen LogP contribution is 2.41. The summed E-state index contributed by atoms with van der Waals surface area (Å²) in [5.74, 6) is -1.25. The third-order valence-corrected chi connectivity index (χ3v) is 4.58. The minimum Gasteiger partial charge on any atom is -0.490 e. The Bertz CT molecular complexity index is 702. The molecule has 0 N–H and O–H groups in total. The van der Waals surface area contributed by atoms with E-state index in [0.717, 1.165) is 0 Å². The largest absolute Gasteiger partial charge is 0.490 e. The van der Waals surface area contributed by atoms with Gasteiger partial charge in [-0.15, -0.1) is 0 Å². The Balaban J connectivity index is 1.80. The summed E-state index contributed by atoms with van der Waals surface area (Å²) in [5.41, 5.74) is -0.189. The molecule has 0 radical (unpaired) electrons. The summed E-state index contributed by atoms with van der Waals surface area (Å²) in [6, 6.07) is 9.95. The van der Waals surface area contributed by atoms with Gasteiger partial charge in [-0.3, -0.25) is 0 Å². The molecule has 0 saturated heterocycles. The fraction of sp³-hybridized carbons (Fsp3) is 0.444. The van der Waals surface area contributed by atoms with E-state index in [-0.39, 0.29) is 37.0 Å². The molecule has 6 heteroatoms. The number of fused-ring (bicyclic) bond motifs is 1. The average Bonchev–Trinajstić information content (AvgIpc) is 2.54. The maximum atomic E-state index is 13.5. The van der Waals surface area contributed by atoms with Gasteiger partial charge in [0, 0.05) is 0 Å². The molecule has 1 nitrogen and oxygen atoms in total. The van der Waals surface area contributed by atoms with E-state index in [9.17, 15) is 22.0 Å². The van der Waals surface area contributed by atoms with Crippen LogP contribution < -0.4 is 4.74 Å². The Morgan fingerprint density at radius 1 is 0.917 bits per heavy atom. The summed E-state index contributed by atoms with van der Waals surface area (Å²) in [7, 11) is 0. The lowest BCUT2D eigenvalue weighted by molar-refractivity contribution is -0.185. The third-order valence-electron chi connectivity index (χ3n) is 4.58. The molecule has 24 heavy (non-hydrogen) atoms. The number of hydrogen-bond acceptors (Lipinski definition) is 1. The molecule has 1 fully saturated rings. The van der Waals surface area contributed by atoms with Gasteiger partial charge in [-0.25, -0.2) is 8.78 Å². The minimum absolute atomic E-state index is 0.0221. The molecule has 0 aliphatic heterocycles. The Kier molecular flexibility index (Phi) is 4.65. The van der Waals surface area contributed by atoms with E-state index in [0.29, 0.717) is 10.8 Å². The highest BCUT2D eigenvalue weighted by atomic mass is 19.4. The smallest absolute Gasteiger partial charge is 0.391 e. The number of ether oxygens (including phenoxy) is 1. The Morgan fingerprint density at radius 2 is 1.58 bits per heavy atom. The molecular formula is C18H17F5O. The first-order chi connectivity index (χ1) is 11.4. The first-order valence-electron chi connectivity index (χ1n) is 7.89. The van der Waals surface area contributed by atoms with Gasteiger partial charge in [0.1, 0.15) is 5.75 Å². The first kappa shape index (κ1) is 17.0. The summed E-state index contributed by atoms with van der Waals surface area (Å²) < 4.78 is 70.8. The van der Waals surface area contributed by atoms with E-state index in [4.69, 9.17) is 4.74 Å². The van der Waals surface area contributed by atoms with Crippen LogP contribution in [0.15, 0.2) is 36.4 Å². The SMILES string of the molecule is FC(F)c1c(OC2CCC(C(F)(F)F)CC2)ccc2ccccc12. The summed E-state index contributed by atoms with van der Waals surface area (Å²) in [4.78, 5) is 0. The monoisotopic (exact) mass is 344 g/mol. The number of halogens is 5. The van der Waals surface area contributed by atoms with Crippen molar-refractivity contribution in [1.82, 2.24) is 0 Å². The summed E-state index contributed by atoms with van der Waals surface area (Å²) in [5, 5.41) is 1.09. The van der Waals surface area contributed by atoms with Gasteiger partial charge in [-0.1, -0.05) is 30.3 Å². The normalized spacial score (nSPS) is 22.1. The number of benzene rings is 2.